The van der Waals surface area contributed by atoms with E-state index in [1.807, 2.05) is 12.1 Å². The normalized spacial score (nSPS) is 13.7. The minimum Gasteiger partial charge on any atom is -0.493 e. The van der Waals surface area contributed by atoms with Gasteiger partial charge in [-0.1, -0.05) is 72.3 Å². The standard InChI is InChI=1S/C25H45NO3/c1-20(2)12-10-8-6-7-9-11-17-29-23-14-13-22(18-24(23)28-5)15-16-25(26,19-27)21(3)4/h13-14,18,20-21,27H,6-12,15-17,19,26H2,1-5H3. The van der Waals surface area contributed by atoms with Crippen molar-refractivity contribution in [3.8, 4) is 11.5 Å². The predicted octanol–water partition coefficient (Wildman–Crippen LogP) is 5.74. The molecule has 0 fully saturated rings. The second-order valence-corrected chi connectivity index (χ2v) is 9.18. The summed E-state index contributed by atoms with van der Waals surface area (Å²) in [5.41, 5.74) is 6.94. The number of unbranched alkanes of at least 4 members (excludes halogenated alkanes) is 5. The summed E-state index contributed by atoms with van der Waals surface area (Å²) in [6.07, 6.45) is 10.5. The number of benzene rings is 1. The minimum absolute atomic E-state index is 0.000717. The zero-order valence-electron chi connectivity index (χ0n) is 19.5. The van der Waals surface area contributed by atoms with Gasteiger partial charge in [0.2, 0.25) is 0 Å². The Labute approximate surface area is 179 Å². The van der Waals surface area contributed by atoms with Crippen molar-refractivity contribution < 1.29 is 14.6 Å². The van der Waals surface area contributed by atoms with E-state index in [9.17, 15) is 5.11 Å². The number of methoxy groups -OCH3 is 1. The van der Waals surface area contributed by atoms with Gasteiger partial charge in [-0.2, -0.15) is 0 Å². The van der Waals surface area contributed by atoms with Gasteiger partial charge in [-0.05, 0) is 48.8 Å². The second-order valence-electron chi connectivity index (χ2n) is 9.18. The molecule has 4 heteroatoms. The maximum absolute atomic E-state index is 9.63. The number of hydrogen-bond acceptors (Lipinski definition) is 4. The summed E-state index contributed by atoms with van der Waals surface area (Å²) in [5, 5.41) is 9.63. The third-order valence-corrected chi connectivity index (χ3v) is 5.98. The van der Waals surface area contributed by atoms with Gasteiger partial charge < -0.3 is 20.3 Å². The molecule has 3 N–H and O–H groups in total. The van der Waals surface area contributed by atoms with Crippen molar-refractivity contribution in [2.75, 3.05) is 20.3 Å². The van der Waals surface area contributed by atoms with E-state index in [0.29, 0.717) is 0 Å². The predicted molar refractivity (Wildman–Crippen MR) is 123 cm³/mol. The summed E-state index contributed by atoms with van der Waals surface area (Å²) < 4.78 is 11.5. The molecule has 0 amide bonds. The lowest BCUT2D eigenvalue weighted by Gasteiger charge is -2.31. The number of aliphatic hydroxyl groups is 1. The number of ether oxygens (including phenoxy) is 2. The van der Waals surface area contributed by atoms with Gasteiger partial charge in [0.05, 0.1) is 20.3 Å². The van der Waals surface area contributed by atoms with Crippen molar-refractivity contribution >= 4 is 0 Å². The number of hydrogen-bond donors (Lipinski definition) is 2. The van der Waals surface area contributed by atoms with Crippen molar-refractivity contribution in [3.05, 3.63) is 23.8 Å². The molecule has 0 heterocycles. The number of aliphatic hydroxyl groups excluding tert-OH is 1. The molecule has 0 aliphatic heterocycles. The molecule has 0 spiro atoms. The number of aryl methyl sites for hydroxylation is 1. The summed E-state index contributed by atoms with van der Waals surface area (Å²) in [6.45, 7) is 9.43. The average Bonchev–Trinajstić information content (AvgIpc) is 2.70. The topological polar surface area (TPSA) is 64.7 Å². The molecule has 0 saturated heterocycles. The van der Waals surface area contributed by atoms with Crippen molar-refractivity contribution in [1.29, 1.82) is 0 Å². The van der Waals surface area contributed by atoms with E-state index < -0.39 is 5.54 Å². The number of rotatable bonds is 16. The van der Waals surface area contributed by atoms with Crippen LogP contribution in [0.3, 0.4) is 0 Å². The van der Waals surface area contributed by atoms with Crippen LogP contribution in [0.2, 0.25) is 0 Å². The van der Waals surface area contributed by atoms with Crippen molar-refractivity contribution in [2.45, 2.75) is 91.0 Å². The van der Waals surface area contributed by atoms with Gasteiger partial charge in [-0.15, -0.1) is 0 Å². The van der Waals surface area contributed by atoms with Gasteiger partial charge in [0.1, 0.15) is 0 Å². The van der Waals surface area contributed by atoms with Gasteiger partial charge >= 0.3 is 0 Å². The molecule has 29 heavy (non-hydrogen) atoms. The summed E-state index contributed by atoms with van der Waals surface area (Å²) in [5.74, 6) is 2.63. The lowest BCUT2D eigenvalue weighted by atomic mass is 9.83. The number of nitrogens with two attached hydrogens (primary N) is 1. The summed E-state index contributed by atoms with van der Waals surface area (Å²) in [4.78, 5) is 0. The van der Waals surface area contributed by atoms with Gasteiger partial charge in [-0.25, -0.2) is 0 Å². The third-order valence-electron chi connectivity index (χ3n) is 5.98. The fraction of sp³-hybridized carbons (Fsp3) is 0.760. The molecule has 0 radical (unpaired) electrons. The van der Waals surface area contributed by atoms with Crippen molar-refractivity contribution in [3.63, 3.8) is 0 Å². The first-order chi connectivity index (χ1) is 13.8. The zero-order valence-corrected chi connectivity index (χ0v) is 19.5. The molecule has 0 aliphatic carbocycles. The van der Waals surface area contributed by atoms with Gasteiger partial charge in [-0.3, -0.25) is 0 Å². The van der Waals surface area contributed by atoms with Crippen LogP contribution in [0.15, 0.2) is 18.2 Å². The van der Waals surface area contributed by atoms with Crippen LogP contribution in [0, 0.1) is 11.8 Å². The highest BCUT2D eigenvalue weighted by molar-refractivity contribution is 5.43. The SMILES string of the molecule is COc1cc(CCC(N)(CO)C(C)C)ccc1OCCCCCCCCC(C)C. The largest absolute Gasteiger partial charge is 0.493 e. The first kappa shape index (κ1) is 25.8. The van der Waals surface area contributed by atoms with Crippen LogP contribution >= 0.6 is 0 Å². The van der Waals surface area contributed by atoms with E-state index in [-0.39, 0.29) is 12.5 Å². The van der Waals surface area contributed by atoms with Crippen LogP contribution in [-0.4, -0.2) is 31.0 Å². The molecule has 4 nitrogen and oxygen atoms in total. The van der Waals surface area contributed by atoms with Gasteiger partial charge in [0.15, 0.2) is 11.5 Å². The Morgan fingerprint density at radius 1 is 0.966 bits per heavy atom. The highest BCUT2D eigenvalue weighted by atomic mass is 16.5. The molecule has 1 unspecified atom stereocenters. The summed E-state index contributed by atoms with van der Waals surface area (Å²) >= 11 is 0. The molecular formula is C25H45NO3. The van der Waals surface area contributed by atoms with Crippen LogP contribution in [0.5, 0.6) is 11.5 Å². The van der Waals surface area contributed by atoms with Gasteiger partial charge in [0.25, 0.3) is 0 Å². The van der Waals surface area contributed by atoms with Crippen LogP contribution in [0.4, 0.5) is 0 Å². The molecule has 1 aromatic carbocycles. The van der Waals surface area contributed by atoms with E-state index in [0.717, 1.165) is 48.8 Å². The van der Waals surface area contributed by atoms with E-state index in [1.54, 1.807) is 7.11 Å². The first-order valence-corrected chi connectivity index (χ1v) is 11.5. The maximum atomic E-state index is 9.63. The average molecular weight is 408 g/mol. The fourth-order valence-electron chi connectivity index (χ4n) is 3.46. The minimum atomic E-state index is -0.544. The molecule has 168 valence electrons. The molecule has 0 bridgehead atoms. The van der Waals surface area contributed by atoms with Crippen LogP contribution in [0.25, 0.3) is 0 Å². The van der Waals surface area contributed by atoms with Crippen LogP contribution < -0.4 is 15.2 Å². The quantitative estimate of drug-likeness (QED) is 0.343. The molecule has 1 rings (SSSR count). The molecule has 1 atom stereocenters. The van der Waals surface area contributed by atoms with Crippen LogP contribution in [-0.2, 0) is 6.42 Å². The molecule has 0 aromatic heterocycles. The van der Waals surface area contributed by atoms with Crippen molar-refractivity contribution in [2.24, 2.45) is 17.6 Å². The van der Waals surface area contributed by atoms with E-state index in [4.69, 9.17) is 15.2 Å². The Kier molecular flexibility index (Phi) is 12.3. The molecule has 1 aromatic rings. The van der Waals surface area contributed by atoms with Gasteiger partial charge in [0, 0.05) is 5.54 Å². The van der Waals surface area contributed by atoms with E-state index in [2.05, 4.69) is 33.8 Å². The Hall–Kier alpha value is -1.26. The summed E-state index contributed by atoms with van der Waals surface area (Å²) in [7, 11) is 1.68. The molecular weight excluding hydrogens is 362 g/mol. The highest BCUT2D eigenvalue weighted by Gasteiger charge is 2.27. The third kappa shape index (κ3) is 9.86. The Bertz CT molecular complexity index is 559. The monoisotopic (exact) mass is 407 g/mol. The van der Waals surface area contributed by atoms with Crippen molar-refractivity contribution in [1.82, 2.24) is 0 Å². The smallest absolute Gasteiger partial charge is 0.161 e. The highest BCUT2D eigenvalue weighted by Crippen LogP contribution is 2.30. The lowest BCUT2D eigenvalue weighted by Crippen LogP contribution is -2.48. The molecule has 0 aliphatic rings. The van der Waals surface area contributed by atoms with E-state index in [1.165, 1.54) is 38.5 Å². The Morgan fingerprint density at radius 3 is 2.21 bits per heavy atom. The van der Waals surface area contributed by atoms with E-state index >= 15 is 0 Å². The fourth-order valence-corrected chi connectivity index (χ4v) is 3.46. The molecule has 0 saturated carbocycles. The zero-order chi connectivity index (χ0) is 21.7. The lowest BCUT2D eigenvalue weighted by molar-refractivity contribution is 0.146. The summed E-state index contributed by atoms with van der Waals surface area (Å²) in [6, 6.07) is 6.10. The maximum Gasteiger partial charge on any atom is 0.161 e. The Morgan fingerprint density at radius 2 is 1.62 bits per heavy atom. The van der Waals surface area contributed by atoms with Crippen LogP contribution in [0.1, 0.15) is 84.6 Å². The second kappa shape index (κ2) is 13.9. The first-order valence-electron chi connectivity index (χ1n) is 11.5. The Balaban J connectivity index is 2.36.